The van der Waals surface area contributed by atoms with Gasteiger partial charge in [-0.25, -0.2) is 4.79 Å². The predicted molar refractivity (Wildman–Crippen MR) is 68.5 cm³/mol. The average Bonchev–Trinajstić information content (AvgIpc) is 2.42. The Balaban J connectivity index is 2.48. The van der Waals surface area contributed by atoms with E-state index in [1.54, 1.807) is 0 Å². The molecule has 0 aliphatic carbocycles. The second-order valence-electron chi connectivity index (χ2n) is 4.64. The molecule has 0 bridgehead atoms. The second kappa shape index (κ2) is 7.53. The van der Waals surface area contributed by atoms with Gasteiger partial charge in [-0.2, -0.15) is 26.3 Å². The van der Waals surface area contributed by atoms with Crippen LogP contribution in [-0.4, -0.2) is 30.4 Å². The van der Waals surface area contributed by atoms with Crippen molar-refractivity contribution >= 4 is 6.03 Å². The number of hydrogen-bond acceptors (Lipinski definition) is 2. The molecule has 130 valence electrons. The smallest absolute Gasteiger partial charge is 0.387 e. The molecule has 0 aromatic heterocycles. The summed E-state index contributed by atoms with van der Waals surface area (Å²) in [4.78, 5) is 11.2. The third-order valence-electron chi connectivity index (χ3n) is 2.75. The fraction of sp³-hybridized carbons (Fsp3) is 0.462. The van der Waals surface area contributed by atoms with E-state index in [4.69, 9.17) is 0 Å². The van der Waals surface area contributed by atoms with E-state index >= 15 is 0 Å². The first kappa shape index (κ1) is 19.1. The van der Waals surface area contributed by atoms with E-state index < -0.39 is 49.6 Å². The highest BCUT2D eigenvalue weighted by atomic mass is 19.4. The topological polar surface area (TPSA) is 61.4 Å². The van der Waals surface area contributed by atoms with E-state index in [0.29, 0.717) is 0 Å². The Morgan fingerprint density at radius 1 is 1.13 bits per heavy atom. The minimum Gasteiger partial charge on any atom is -0.387 e. The first-order valence-electron chi connectivity index (χ1n) is 6.43. The molecule has 1 unspecified atom stereocenters. The molecule has 4 nitrogen and oxygen atoms in total. The molecule has 2 amide bonds. The molecule has 0 fully saturated rings. The standard InChI is InChI=1S/C13H14F6N2O2/c14-12(15,16)4-5-20-11(23)21-7-10(22)8-2-1-3-9(6-8)13(17,18)19/h1-3,6,10,22H,4-5,7H2,(H2,20,21,23). The number of alkyl halides is 6. The zero-order chi connectivity index (χ0) is 17.7. The maximum atomic E-state index is 12.5. The zero-order valence-electron chi connectivity index (χ0n) is 11.6. The van der Waals surface area contributed by atoms with Crippen molar-refractivity contribution in [1.82, 2.24) is 10.6 Å². The van der Waals surface area contributed by atoms with Crippen molar-refractivity contribution in [3.05, 3.63) is 35.4 Å². The van der Waals surface area contributed by atoms with E-state index in [1.165, 1.54) is 6.07 Å². The van der Waals surface area contributed by atoms with Crippen LogP contribution < -0.4 is 10.6 Å². The summed E-state index contributed by atoms with van der Waals surface area (Å²) in [6.45, 7) is -1.09. The lowest BCUT2D eigenvalue weighted by atomic mass is 10.1. The van der Waals surface area contributed by atoms with Crippen molar-refractivity contribution in [1.29, 1.82) is 0 Å². The molecule has 1 aromatic rings. The lowest BCUT2D eigenvalue weighted by Crippen LogP contribution is -2.39. The predicted octanol–water partition coefficient (Wildman–Crippen LogP) is 2.99. The second-order valence-corrected chi connectivity index (χ2v) is 4.64. The number of rotatable bonds is 5. The molecule has 0 saturated heterocycles. The minimum atomic E-state index is -4.57. The van der Waals surface area contributed by atoms with Gasteiger partial charge in [0.05, 0.1) is 18.1 Å². The normalized spacial score (nSPS) is 13.5. The summed E-state index contributed by atoms with van der Waals surface area (Å²) in [6, 6.07) is 2.94. The summed E-state index contributed by atoms with van der Waals surface area (Å²) in [5.74, 6) is 0. The molecule has 0 aliphatic heterocycles. The lowest BCUT2D eigenvalue weighted by Gasteiger charge is -2.15. The lowest BCUT2D eigenvalue weighted by molar-refractivity contribution is -0.137. The van der Waals surface area contributed by atoms with Crippen molar-refractivity contribution in [2.24, 2.45) is 0 Å². The molecule has 1 atom stereocenters. The van der Waals surface area contributed by atoms with E-state index in [-0.39, 0.29) is 5.56 Å². The maximum Gasteiger partial charge on any atom is 0.416 e. The molecule has 0 spiro atoms. The fourth-order valence-corrected chi connectivity index (χ4v) is 1.61. The Morgan fingerprint density at radius 2 is 1.78 bits per heavy atom. The Kier molecular flexibility index (Phi) is 6.25. The number of carbonyl (C=O) groups excluding carboxylic acids is 1. The van der Waals surface area contributed by atoms with Crippen LogP contribution in [0.3, 0.4) is 0 Å². The van der Waals surface area contributed by atoms with Gasteiger partial charge in [0.15, 0.2) is 0 Å². The Hall–Kier alpha value is -1.97. The van der Waals surface area contributed by atoms with Gasteiger partial charge >= 0.3 is 18.4 Å². The summed E-state index contributed by atoms with van der Waals surface area (Å²) in [5.41, 5.74) is -1.03. The first-order chi connectivity index (χ1) is 10.5. The number of amides is 2. The number of benzene rings is 1. The van der Waals surface area contributed by atoms with E-state index in [9.17, 15) is 36.2 Å². The number of halogens is 6. The van der Waals surface area contributed by atoms with Gasteiger partial charge in [0.2, 0.25) is 0 Å². The first-order valence-corrected chi connectivity index (χ1v) is 6.43. The summed E-state index contributed by atoms with van der Waals surface area (Å²) in [6.07, 6.45) is -11.6. The number of carbonyl (C=O) groups is 1. The minimum absolute atomic E-state index is 0.0737. The van der Waals surface area contributed by atoms with Crippen LogP contribution in [0.1, 0.15) is 23.7 Å². The van der Waals surface area contributed by atoms with Gasteiger partial charge in [-0.15, -0.1) is 0 Å². The van der Waals surface area contributed by atoms with Crippen molar-refractivity contribution in [2.45, 2.75) is 24.9 Å². The molecule has 1 aromatic carbocycles. The van der Waals surface area contributed by atoms with Crippen LogP contribution in [0.4, 0.5) is 31.1 Å². The molecule has 0 radical (unpaired) electrons. The number of aliphatic hydroxyl groups is 1. The molecular formula is C13H14F6N2O2. The molecule has 23 heavy (non-hydrogen) atoms. The molecule has 3 N–H and O–H groups in total. The molecule has 0 heterocycles. The van der Waals surface area contributed by atoms with Gasteiger partial charge < -0.3 is 15.7 Å². The van der Waals surface area contributed by atoms with E-state index in [2.05, 4.69) is 5.32 Å². The number of nitrogens with one attached hydrogen (secondary N) is 2. The summed E-state index contributed by atoms with van der Waals surface area (Å²) in [7, 11) is 0. The van der Waals surface area contributed by atoms with E-state index in [0.717, 1.165) is 18.2 Å². The third-order valence-corrected chi connectivity index (χ3v) is 2.75. The summed E-state index contributed by atoms with van der Waals surface area (Å²) >= 11 is 0. The van der Waals surface area contributed by atoms with Crippen molar-refractivity contribution in [2.75, 3.05) is 13.1 Å². The third kappa shape index (κ3) is 7.22. The van der Waals surface area contributed by atoms with Gasteiger partial charge in [-0.1, -0.05) is 12.1 Å². The average molecular weight is 344 g/mol. The number of aliphatic hydroxyl groups excluding tert-OH is 1. The summed E-state index contributed by atoms with van der Waals surface area (Å²) < 4.78 is 73.2. The highest BCUT2D eigenvalue weighted by Gasteiger charge is 2.31. The van der Waals surface area contributed by atoms with Crippen LogP contribution in [-0.2, 0) is 6.18 Å². The summed E-state index contributed by atoms with van der Waals surface area (Å²) in [5, 5.41) is 13.7. The Labute approximate surface area is 127 Å². The van der Waals surface area contributed by atoms with Gasteiger partial charge in [-0.05, 0) is 17.7 Å². The van der Waals surface area contributed by atoms with Crippen LogP contribution in [0.5, 0.6) is 0 Å². The molecule has 0 aliphatic rings. The van der Waals surface area contributed by atoms with Crippen LogP contribution in [0.25, 0.3) is 0 Å². The van der Waals surface area contributed by atoms with Crippen LogP contribution in [0, 0.1) is 0 Å². The maximum absolute atomic E-state index is 12.5. The number of urea groups is 1. The molecule has 10 heteroatoms. The van der Waals surface area contributed by atoms with Crippen LogP contribution >= 0.6 is 0 Å². The monoisotopic (exact) mass is 344 g/mol. The zero-order valence-corrected chi connectivity index (χ0v) is 11.6. The SMILES string of the molecule is O=C(NCCC(F)(F)F)NCC(O)c1cccc(C(F)(F)F)c1. The Morgan fingerprint density at radius 3 is 2.35 bits per heavy atom. The highest BCUT2D eigenvalue weighted by molar-refractivity contribution is 5.73. The Bertz CT molecular complexity index is 530. The van der Waals surface area contributed by atoms with Crippen molar-refractivity contribution in [3.63, 3.8) is 0 Å². The van der Waals surface area contributed by atoms with Gasteiger partial charge in [0.1, 0.15) is 0 Å². The molecule has 0 saturated carbocycles. The van der Waals surface area contributed by atoms with Gasteiger partial charge in [0.25, 0.3) is 0 Å². The van der Waals surface area contributed by atoms with Gasteiger partial charge in [0, 0.05) is 13.1 Å². The number of hydrogen-bond donors (Lipinski definition) is 3. The quantitative estimate of drug-likeness (QED) is 0.719. The van der Waals surface area contributed by atoms with E-state index in [1.807, 2.05) is 5.32 Å². The van der Waals surface area contributed by atoms with Crippen LogP contribution in [0.15, 0.2) is 24.3 Å². The fourth-order valence-electron chi connectivity index (χ4n) is 1.61. The largest absolute Gasteiger partial charge is 0.416 e. The van der Waals surface area contributed by atoms with Crippen molar-refractivity contribution < 1.29 is 36.2 Å². The molecular weight excluding hydrogens is 330 g/mol. The molecule has 1 rings (SSSR count). The highest BCUT2D eigenvalue weighted by Crippen LogP contribution is 2.30. The van der Waals surface area contributed by atoms with Crippen molar-refractivity contribution in [3.8, 4) is 0 Å². The van der Waals surface area contributed by atoms with Crippen LogP contribution in [0.2, 0.25) is 0 Å². The van der Waals surface area contributed by atoms with Gasteiger partial charge in [-0.3, -0.25) is 0 Å².